The van der Waals surface area contributed by atoms with Gasteiger partial charge >= 0.3 is 0 Å². The lowest BCUT2D eigenvalue weighted by atomic mass is 10.0. The van der Waals surface area contributed by atoms with E-state index in [9.17, 15) is 4.79 Å². The number of amides is 1. The zero-order chi connectivity index (χ0) is 14.3. The molecule has 0 aromatic heterocycles. The van der Waals surface area contributed by atoms with Gasteiger partial charge in [0.2, 0.25) is 5.91 Å². The van der Waals surface area contributed by atoms with Crippen LogP contribution in [0.5, 0.6) is 0 Å². The maximum absolute atomic E-state index is 11.9. The molecule has 0 radical (unpaired) electrons. The number of benzene rings is 1. The van der Waals surface area contributed by atoms with Crippen LogP contribution in [0.3, 0.4) is 0 Å². The van der Waals surface area contributed by atoms with E-state index < -0.39 is 0 Å². The number of alkyl halides is 1. The number of hydrogen-bond acceptors (Lipinski definition) is 1. The quantitative estimate of drug-likeness (QED) is 0.758. The van der Waals surface area contributed by atoms with Crippen LogP contribution in [0.15, 0.2) is 24.3 Å². The maximum Gasteiger partial charge on any atom is 0.220 e. The topological polar surface area (TPSA) is 29.1 Å². The summed E-state index contributed by atoms with van der Waals surface area (Å²) in [5.74, 6) is 0.743. The van der Waals surface area contributed by atoms with Gasteiger partial charge in [-0.3, -0.25) is 4.79 Å². The van der Waals surface area contributed by atoms with Gasteiger partial charge in [-0.05, 0) is 36.8 Å². The van der Waals surface area contributed by atoms with E-state index in [2.05, 4.69) is 54.2 Å². The standard InChI is InChI=1S/C16H24BrNO/c1-12(2)10-15(11-17)18-16(19)9-8-14-7-5-4-6-13(14)3/h4-7,12,15H,8-11H2,1-3H3,(H,18,19). The van der Waals surface area contributed by atoms with Crippen molar-refractivity contribution in [1.29, 1.82) is 0 Å². The van der Waals surface area contributed by atoms with Crippen molar-refractivity contribution < 1.29 is 4.79 Å². The van der Waals surface area contributed by atoms with Crippen LogP contribution in [-0.4, -0.2) is 17.3 Å². The SMILES string of the molecule is Cc1ccccc1CCC(=O)NC(CBr)CC(C)C. The Hall–Kier alpha value is -0.830. The van der Waals surface area contributed by atoms with Crippen LogP contribution >= 0.6 is 15.9 Å². The molecule has 0 aliphatic carbocycles. The molecular weight excluding hydrogens is 302 g/mol. The fraction of sp³-hybridized carbons (Fsp3) is 0.562. The van der Waals surface area contributed by atoms with Gasteiger partial charge in [-0.15, -0.1) is 0 Å². The van der Waals surface area contributed by atoms with E-state index in [0.29, 0.717) is 12.3 Å². The molecule has 1 N–H and O–H groups in total. The number of hydrogen-bond donors (Lipinski definition) is 1. The van der Waals surface area contributed by atoms with Gasteiger partial charge in [-0.25, -0.2) is 0 Å². The predicted octanol–water partition coefficient (Wildman–Crippen LogP) is 3.85. The molecule has 1 aromatic rings. The van der Waals surface area contributed by atoms with E-state index in [1.165, 1.54) is 11.1 Å². The second kappa shape index (κ2) is 8.36. The van der Waals surface area contributed by atoms with Crippen LogP contribution in [0.4, 0.5) is 0 Å². The third-order valence-corrected chi connectivity index (χ3v) is 3.97. The van der Waals surface area contributed by atoms with Crippen LogP contribution in [-0.2, 0) is 11.2 Å². The molecule has 3 heteroatoms. The molecule has 0 aliphatic heterocycles. The molecule has 0 bridgehead atoms. The molecule has 0 aliphatic rings. The molecule has 19 heavy (non-hydrogen) atoms. The monoisotopic (exact) mass is 325 g/mol. The van der Waals surface area contributed by atoms with E-state index in [1.807, 2.05) is 12.1 Å². The van der Waals surface area contributed by atoms with E-state index >= 15 is 0 Å². The van der Waals surface area contributed by atoms with Crippen molar-refractivity contribution in [2.45, 2.75) is 46.1 Å². The summed E-state index contributed by atoms with van der Waals surface area (Å²) in [6, 6.07) is 8.48. The first kappa shape index (κ1) is 16.2. The van der Waals surface area contributed by atoms with Crippen LogP contribution < -0.4 is 5.32 Å². The number of nitrogens with one attached hydrogen (secondary N) is 1. The smallest absolute Gasteiger partial charge is 0.220 e. The van der Waals surface area contributed by atoms with Crippen LogP contribution in [0, 0.1) is 12.8 Å². The number of carbonyl (C=O) groups excluding carboxylic acids is 1. The average Bonchev–Trinajstić information content (AvgIpc) is 2.36. The normalized spacial score (nSPS) is 12.5. The molecule has 1 rings (SSSR count). The van der Waals surface area contributed by atoms with Crippen molar-refractivity contribution in [3.05, 3.63) is 35.4 Å². The molecule has 1 aromatic carbocycles. The highest BCUT2D eigenvalue weighted by Crippen LogP contribution is 2.11. The second-order valence-electron chi connectivity index (χ2n) is 5.47. The highest BCUT2D eigenvalue weighted by atomic mass is 79.9. The summed E-state index contributed by atoms with van der Waals surface area (Å²) in [7, 11) is 0. The molecule has 0 heterocycles. The van der Waals surface area contributed by atoms with Gasteiger partial charge in [0.05, 0.1) is 0 Å². The Balaban J connectivity index is 2.41. The molecule has 1 amide bonds. The van der Waals surface area contributed by atoms with Gasteiger partial charge in [0.15, 0.2) is 0 Å². The Morgan fingerprint density at radius 1 is 1.32 bits per heavy atom. The van der Waals surface area contributed by atoms with Crippen molar-refractivity contribution in [3.63, 3.8) is 0 Å². The Bertz CT molecular complexity index is 403. The lowest BCUT2D eigenvalue weighted by Gasteiger charge is -2.18. The highest BCUT2D eigenvalue weighted by molar-refractivity contribution is 9.09. The van der Waals surface area contributed by atoms with Gasteiger partial charge in [0.25, 0.3) is 0 Å². The van der Waals surface area contributed by atoms with Crippen molar-refractivity contribution in [2.24, 2.45) is 5.92 Å². The molecule has 0 fully saturated rings. The minimum absolute atomic E-state index is 0.147. The molecule has 1 atom stereocenters. The summed E-state index contributed by atoms with van der Waals surface area (Å²) in [6.07, 6.45) is 2.39. The Labute approximate surface area is 125 Å². The van der Waals surface area contributed by atoms with Crippen molar-refractivity contribution in [2.75, 3.05) is 5.33 Å². The lowest BCUT2D eigenvalue weighted by Crippen LogP contribution is -2.37. The average molecular weight is 326 g/mol. The first-order chi connectivity index (χ1) is 9.02. The molecule has 1 unspecified atom stereocenters. The summed E-state index contributed by atoms with van der Waals surface area (Å²) >= 11 is 3.47. The predicted molar refractivity (Wildman–Crippen MR) is 84.7 cm³/mol. The Kier molecular flexibility index (Phi) is 7.14. The van der Waals surface area contributed by atoms with Gasteiger partial charge < -0.3 is 5.32 Å². The number of halogens is 1. The van der Waals surface area contributed by atoms with Gasteiger partial charge in [0, 0.05) is 17.8 Å². The molecule has 0 saturated carbocycles. The minimum Gasteiger partial charge on any atom is -0.353 e. The van der Waals surface area contributed by atoms with Crippen molar-refractivity contribution >= 4 is 21.8 Å². The van der Waals surface area contributed by atoms with Crippen LogP contribution in [0.25, 0.3) is 0 Å². The van der Waals surface area contributed by atoms with E-state index in [4.69, 9.17) is 0 Å². The first-order valence-corrected chi connectivity index (χ1v) is 8.05. The maximum atomic E-state index is 11.9. The first-order valence-electron chi connectivity index (χ1n) is 6.92. The third kappa shape index (κ3) is 6.24. The van der Waals surface area contributed by atoms with Gasteiger partial charge in [-0.2, -0.15) is 0 Å². The zero-order valence-electron chi connectivity index (χ0n) is 12.1. The minimum atomic E-state index is 0.147. The van der Waals surface area contributed by atoms with E-state index in [1.54, 1.807) is 0 Å². The van der Waals surface area contributed by atoms with Crippen LogP contribution in [0.2, 0.25) is 0 Å². The summed E-state index contributed by atoms with van der Waals surface area (Å²) in [6.45, 7) is 6.44. The summed E-state index contributed by atoms with van der Waals surface area (Å²) in [5.41, 5.74) is 2.52. The third-order valence-electron chi connectivity index (χ3n) is 3.19. The molecule has 2 nitrogen and oxygen atoms in total. The second-order valence-corrected chi connectivity index (χ2v) is 6.12. The summed E-state index contributed by atoms with van der Waals surface area (Å²) in [5, 5.41) is 3.92. The summed E-state index contributed by atoms with van der Waals surface area (Å²) < 4.78 is 0. The molecule has 106 valence electrons. The van der Waals surface area contributed by atoms with Gasteiger partial charge in [0.1, 0.15) is 0 Å². The summed E-state index contributed by atoms with van der Waals surface area (Å²) in [4.78, 5) is 11.9. The fourth-order valence-corrected chi connectivity index (χ4v) is 2.59. The Morgan fingerprint density at radius 3 is 2.58 bits per heavy atom. The molecular formula is C16H24BrNO. The Morgan fingerprint density at radius 2 is 2.00 bits per heavy atom. The highest BCUT2D eigenvalue weighted by Gasteiger charge is 2.12. The number of rotatable bonds is 7. The van der Waals surface area contributed by atoms with Crippen molar-refractivity contribution in [1.82, 2.24) is 5.32 Å². The van der Waals surface area contributed by atoms with E-state index in [0.717, 1.165) is 18.2 Å². The van der Waals surface area contributed by atoms with Crippen LogP contribution in [0.1, 0.15) is 37.8 Å². The van der Waals surface area contributed by atoms with E-state index in [-0.39, 0.29) is 11.9 Å². The number of carbonyl (C=O) groups is 1. The fourth-order valence-electron chi connectivity index (χ4n) is 2.17. The zero-order valence-corrected chi connectivity index (χ0v) is 13.7. The lowest BCUT2D eigenvalue weighted by molar-refractivity contribution is -0.121. The molecule has 0 saturated heterocycles. The molecule has 0 spiro atoms. The van der Waals surface area contributed by atoms with Gasteiger partial charge in [-0.1, -0.05) is 54.0 Å². The van der Waals surface area contributed by atoms with Crippen molar-refractivity contribution in [3.8, 4) is 0 Å². The number of aryl methyl sites for hydroxylation is 2. The largest absolute Gasteiger partial charge is 0.353 e.